The topological polar surface area (TPSA) is 69.2 Å². The maximum absolute atomic E-state index is 15.4. The van der Waals surface area contributed by atoms with Crippen LogP contribution < -0.4 is 78.7 Å². The summed E-state index contributed by atoms with van der Waals surface area (Å²) in [6, 6.07) is 0. The summed E-state index contributed by atoms with van der Waals surface area (Å²) in [7, 11) is -27.2. The predicted octanol–water partition coefficient (Wildman–Crippen LogP) is 17.3. The first-order valence-corrected chi connectivity index (χ1v) is 38.1. The zero-order chi connectivity index (χ0) is 107. The Morgan fingerprint density at radius 1 is 0.0791 bits per heavy atom. The van der Waals surface area contributed by atoms with Crippen molar-refractivity contribution >= 4 is 92.8 Å². The summed E-state index contributed by atoms with van der Waals surface area (Å²) in [5.41, 5.74) is 0. The fourth-order valence-electron chi connectivity index (χ4n) is 12.7. The van der Waals surface area contributed by atoms with Gasteiger partial charge in [0.05, 0.1) is 0 Å². The molecule has 0 fully saturated rings. The van der Waals surface area contributed by atoms with Gasteiger partial charge in [-0.15, -0.1) is 0 Å². The van der Waals surface area contributed by atoms with Crippen LogP contribution in [-0.2, 0) is 0 Å². The molecule has 3 nitrogen and oxygen atoms in total. The quantitative estimate of drug-likeness (QED) is 0.0402. The molecular weight excluding hydrogens is 2160 g/mol. The Kier molecular flexibility index (Phi) is 30.7. The summed E-state index contributed by atoms with van der Waals surface area (Å²) >= 11 is 0. The van der Waals surface area contributed by atoms with Crippen molar-refractivity contribution in [1.82, 2.24) is 0 Å². The number of rotatable bonds is 12. The van der Waals surface area contributed by atoms with Crippen molar-refractivity contribution in [3.05, 3.63) is 349 Å². The number of hydrogen-bond donors (Lipinski definition) is 0. The van der Waals surface area contributed by atoms with Crippen LogP contribution in [0.4, 0.5) is 263 Å². The lowest BCUT2D eigenvalue weighted by Gasteiger charge is -2.35. The predicted molar refractivity (Wildman–Crippen MR) is 337 cm³/mol. The molecular formula is C72BF60O3P3. The van der Waals surface area contributed by atoms with Crippen LogP contribution in [0.25, 0.3) is 0 Å². The summed E-state index contributed by atoms with van der Waals surface area (Å²) in [6.07, 6.45) is 0. The van der Waals surface area contributed by atoms with E-state index in [0.29, 0.717) is 0 Å². The summed E-state index contributed by atoms with van der Waals surface area (Å²) < 4.78 is 882. The second kappa shape index (κ2) is 38.7. The Balaban J connectivity index is 0.000000228. The molecule has 139 heavy (non-hydrogen) atoms. The van der Waals surface area contributed by atoms with Gasteiger partial charge in [-0.1, -0.05) is 0 Å². The van der Waals surface area contributed by atoms with E-state index in [9.17, 15) is 158 Å². The van der Waals surface area contributed by atoms with E-state index in [1.165, 1.54) is 0 Å². The molecule has 0 heterocycles. The highest BCUT2D eigenvalue weighted by Gasteiger charge is 2.71. The molecule has 0 unspecified atom stereocenters. The Morgan fingerprint density at radius 2 is 0.108 bits per heavy atom. The molecule has 0 spiro atoms. The molecule has 0 atom stereocenters. The minimum absolute atomic E-state index is 2.92. The van der Waals surface area contributed by atoms with Gasteiger partial charge in [0, 0.05) is 0 Å². The van der Waals surface area contributed by atoms with Crippen LogP contribution in [0.1, 0.15) is 0 Å². The monoisotopic (exact) mass is 2160 g/mol. The highest BCUT2D eigenvalue weighted by molar-refractivity contribution is 8.02. The van der Waals surface area contributed by atoms with E-state index in [-0.39, 0.29) is 0 Å². The lowest BCUT2D eigenvalue weighted by Crippen LogP contribution is -2.56. The zero-order valence-corrected chi connectivity index (χ0v) is 64.5. The molecule has 12 aromatic carbocycles. The van der Waals surface area contributed by atoms with Gasteiger partial charge in [0.1, 0.15) is 0 Å². The Morgan fingerprint density at radius 3 is 0.144 bits per heavy atom. The molecule has 0 saturated heterocycles. The third-order valence-corrected chi connectivity index (χ3v) is 31.0. The maximum atomic E-state index is 15.4. The highest BCUT2D eigenvalue weighted by Crippen LogP contribution is 2.65. The molecule has 0 radical (unpaired) electrons. The van der Waals surface area contributed by atoms with Gasteiger partial charge < -0.3 is 15.1 Å². The van der Waals surface area contributed by atoms with Crippen molar-refractivity contribution < 1.29 is 278 Å². The third-order valence-electron chi connectivity index (χ3n) is 18.3. The van der Waals surface area contributed by atoms with Crippen LogP contribution in [0.15, 0.2) is 0 Å². The average Bonchev–Trinajstić information content (AvgIpc) is 0.687. The molecule has 67 heteroatoms. The first-order chi connectivity index (χ1) is 63.8. The van der Waals surface area contributed by atoms with Crippen LogP contribution >= 0.6 is 21.8 Å². The van der Waals surface area contributed by atoms with Gasteiger partial charge in [0.25, 0.3) is 0 Å². The standard InChI is InChI=1S/3C24F20P.BO3/c3*25-1-5(29)13(37)21(14(38)6(1)30)45(22-15(39)7(31)2(26)8(32)16(22)40,23-17(41)9(33)3(27)10(34)18(23)42)24-19(43)11(35)4(28)12(36)20(24)44;2-1(3)4/q3*+1;-3. The lowest BCUT2D eigenvalue weighted by molar-refractivity contribution is -0.479. The minimum Gasteiger partial charge on any atom is -0.907 e. The van der Waals surface area contributed by atoms with E-state index in [2.05, 4.69) is 0 Å². The van der Waals surface area contributed by atoms with Crippen molar-refractivity contribution in [2.24, 2.45) is 0 Å². The van der Waals surface area contributed by atoms with Crippen LogP contribution in [0.5, 0.6) is 0 Å². The zero-order valence-electron chi connectivity index (χ0n) is 61.8. The molecule has 0 aliphatic heterocycles. The molecule has 744 valence electrons. The Hall–Kier alpha value is -12.3. The fraction of sp³-hybridized carbons (Fsp3) is 0. The SMILES string of the molecule is Fc1c(F)c(F)c([P+](c2c(F)c(F)c(F)c(F)c2F)(c2c(F)c(F)c(F)c(F)c2F)c2c(F)c(F)c(F)c(F)c2F)c(F)c1F.Fc1c(F)c(F)c([P+](c2c(F)c(F)c(F)c(F)c2F)(c2c(F)c(F)c(F)c(F)c2F)c2c(F)c(F)c(F)c(F)c2F)c(F)c1F.Fc1c(F)c(F)c([P+](c2c(F)c(F)c(F)c(F)c2F)(c2c(F)c(F)c(F)c(F)c2F)c2c(F)c(F)c(F)c(F)c2F)c(F)c1F.[O-]B([O-])[O-]. The minimum atomic E-state index is -8.09. The molecule has 12 aromatic rings. The summed E-state index contributed by atoms with van der Waals surface area (Å²) in [5, 5.41) is -17.2. The fourth-order valence-corrected chi connectivity index (χ4v) is 26.1. The van der Waals surface area contributed by atoms with E-state index in [1.807, 2.05) is 0 Å². The Labute approximate surface area is 719 Å². The van der Waals surface area contributed by atoms with Crippen LogP contribution in [0.2, 0.25) is 0 Å². The second-order valence-corrected chi connectivity index (χ2v) is 34.7. The molecule has 0 aromatic heterocycles. The van der Waals surface area contributed by atoms with Gasteiger partial charge >= 0.3 is 0 Å². The van der Waals surface area contributed by atoms with Crippen molar-refractivity contribution in [1.29, 1.82) is 0 Å². The molecule has 0 aliphatic carbocycles. The molecule has 0 N–H and O–H groups in total. The van der Waals surface area contributed by atoms with Crippen molar-refractivity contribution in [2.45, 2.75) is 0 Å². The van der Waals surface area contributed by atoms with Gasteiger partial charge in [0.15, 0.2) is 85.4 Å². The Bertz CT molecular complexity index is 5460. The van der Waals surface area contributed by atoms with Gasteiger partial charge in [-0.05, 0) is 0 Å². The molecule has 0 amide bonds. The first-order valence-electron chi connectivity index (χ1n) is 32.7. The summed E-state index contributed by atoms with van der Waals surface area (Å²) in [6.45, 7) is 0. The van der Waals surface area contributed by atoms with E-state index in [4.69, 9.17) is 15.1 Å². The van der Waals surface area contributed by atoms with E-state index >= 15 is 105 Å². The van der Waals surface area contributed by atoms with Gasteiger partial charge in [-0.25, -0.2) is 158 Å². The van der Waals surface area contributed by atoms with Gasteiger partial charge in [-0.2, -0.15) is 105 Å². The summed E-state index contributed by atoms with van der Waals surface area (Å²) in [4.78, 5) is 0. The lowest BCUT2D eigenvalue weighted by atomic mass is 10.3. The van der Waals surface area contributed by atoms with Gasteiger partial charge in [0.2, 0.25) is 349 Å². The molecule has 0 saturated carbocycles. The second-order valence-electron chi connectivity index (χ2n) is 25.3. The first kappa shape index (κ1) is 110. The van der Waals surface area contributed by atoms with E-state index in [1.54, 1.807) is 0 Å². The van der Waals surface area contributed by atoms with Gasteiger partial charge in [-0.3, -0.25) is 7.32 Å². The highest BCUT2D eigenvalue weighted by atomic mass is 31.2. The maximum Gasteiger partial charge on any atom is 0.208 e. The molecule has 0 aliphatic rings. The van der Waals surface area contributed by atoms with Crippen LogP contribution in [0.3, 0.4) is 0 Å². The summed E-state index contributed by atoms with van der Waals surface area (Å²) in [5.74, 6) is -213. The van der Waals surface area contributed by atoms with Crippen LogP contribution in [0, 0.1) is 349 Å². The smallest absolute Gasteiger partial charge is 0.208 e. The van der Waals surface area contributed by atoms with E-state index in [0.717, 1.165) is 0 Å². The third kappa shape index (κ3) is 15.9. The van der Waals surface area contributed by atoms with Crippen molar-refractivity contribution in [3.8, 4) is 0 Å². The molecule has 0 bridgehead atoms. The van der Waals surface area contributed by atoms with Crippen molar-refractivity contribution in [2.75, 3.05) is 0 Å². The normalized spacial score (nSPS) is 11.8. The van der Waals surface area contributed by atoms with E-state index < -0.39 is 442 Å². The van der Waals surface area contributed by atoms with Crippen molar-refractivity contribution in [3.63, 3.8) is 0 Å². The number of benzene rings is 12. The number of halogens is 60. The van der Waals surface area contributed by atoms with Crippen LogP contribution in [-0.4, -0.2) is 7.32 Å². The average molecular weight is 2160 g/mol. The molecule has 12 rings (SSSR count). The number of hydrogen-bond acceptors (Lipinski definition) is 3. The largest absolute Gasteiger partial charge is 0.907 e.